The van der Waals surface area contributed by atoms with Crippen molar-refractivity contribution in [2.24, 2.45) is 0 Å². The minimum Gasteiger partial charge on any atom is -0.345 e. The predicted molar refractivity (Wildman–Crippen MR) is 118 cm³/mol. The first-order chi connectivity index (χ1) is 15.1. The number of aromatic nitrogens is 2. The molecule has 2 aliphatic heterocycles. The molecular formula is C23H22N4O3S. The molecule has 2 atom stereocenters. The summed E-state index contributed by atoms with van der Waals surface area (Å²) in [6.07, 6.45) is 1.82. The van der Waals surface area contributed by atoms with Crippen LogP contribution < -0.4 is 10.9 Å². The third-order valence-electron chi connectivity index (χ3n) is 5.96. The van der Waals surface area contributed by atoms with E-state index in [1.807, 2.05) is 35.7 Å². The van der Waals surface area contributed by atoms with E-state index in [1.54, 1.807) is 34.4 Å². The van der Waals surface area contributed by atoms with Crippen molar-refractivity contribution in [3.63, 3.8) is 0 Å². The van der Waals surface area contributed by atoms with Crippen molar-refractivity contribution in [1.29, 1.82) is 0 Å². The van der Waals surface area contributed by atoms with Gasteiger partial charge in [0.05, 0.1) is 23.4 Å². The molecule has 1 saturated heterocycles. The molecule has 3 aromatic rings. The van der Waals surface area contributed by atoms with E-state index in [1.165, 1.54) is 4.68 Å². The zero-order valence-corrected chi connectivity index (χ0v) is 17.7. The van der Waals surface area contributed by atoms with E-state index < -0.39 is 0 Å². The molecule has 1 N–H and O–H groups in total. The van der Waals surface area contributed by atoms with Gasteiger partial charge in [0.15, 0.2) is 0 Å². The fourth-order valence-electron chi connectivity index (χ4n) is 4.41. The van der Waals surface area contributed by atoms with Crippen LogP contribution in [0.3, 0.4) is 0 Å². The third kappa shape index (κ3) is 3.79. The molecule has 2 unspecified atom stereocenters. The van der Waals surface area contributed by atoms with Crippen molar-refractivity contribution < 1.29 is 9.59 Å². The molecule has 31 heavy (non-hydrogen) atoms. The Kier molecular flexibility index (Phi) is 5.15. The summed E-state index contributed by atoms with van der Waals surface area (Å²) in [4.78, 5) is 40.5. The molecular weight excluding hydrogens is 412 g/mol. The summed E-state index contributed by atoms with van der Waals surface area (Å²) in [7, 11) is 0. The molecule has 0 bridgehead atoms. The lowest BCUT2D eigenvalue weighted by atomic mass is 10.0. The first-order valence-electron chi connectivity index (χ1n) is 10.4. The van der Waals surface area contributed by atoms with Crippen LogP contribution in [-0.4, -0.2) is 39.6 Å². The average molecular weight is 435 g/mol. The Bertz CT molecular complexity index is 1190. The van der Waals surface area contributed by atoms with E-state index >= 15 is 0 Å². The number of amides is 2. The fraction of sp³-hybridized carbons (Fsp3) is 0.304. The smallest absolute Gasteiger partial charge is 0.267 e. The molecule has 0 radical (unpaired) electrons. The van der Waals surface area contributed by atoms with E-state index in [-0.39, 0.29) is 35.9 Å². The number of nitrogens with one attached hydrogen (secondary N) is 1. The summed E-state index contributed by atoms with van der Waals surface area (Å²) in [5.41, 5.74) is 2.12. The highest BCUT2D eigenvalue weighted by molar-refractivity contribution is 7.13. The minimum atomic E-state index is -0.306. The highest BCUT2D eigenvalue weighted by atomic mass is 32.1. The number of carbonyl (C=O) groups excluding carboxylic acids is 2. The summed E-state index contributed by atoms with van der Waals surface area (Å²) >= 11 is 1.58. The first kappa shape index (κ1) is 19.7. The Morgan fingerprint density at radius 3 is 2.84 bits per heavy atom. The molecule has 5 rings (SSSR count). The second kappa shape index (κ2) is 8.11. The van der Waals surface area contributed by atoms with E-state index in [0.717, 1.165) is 29.0 Å². The molecule has 2 aliphatic rings. The molecule has 2 amide bonds. The molecule has 158 valence electrons. The molecule has 0 spiro atoms. The van der Waals surface area contributed by atoms with Crippen LogP contribution in [-0.2, 0) is 4.79 Å². The maximum absolute atomic E-state index is 13.1. The van der Waals surface area contributed by atoms with E-state index in [4.69, 9.17) is 0 Å². The standard InChI is InChI=1S/C23H22N4O3S/c28-21-10-9-18(20-8-4-12-31-20)25-27(21)15-5-3-11-26(14-15)22(29)13-19-16-6-1-2-7-17(16)23(30)24-19/h1-2,4,6-10,12,15,19H,3,5,11,13-14H2,(H,24,30). The van der Waals surface area contributed by atoms with Gasteiger partial charge in [-0.15, -0.1) is 11.3 Å². The van der Waals surface area contributed by atoms with Gasteiger partial charge in [-0.25, -0.2) is 4.68 Å². The molecule has 0 aliphatic carbocycles. The summed E-state index contributed by atoms with van der Waals surface area (Å²) in [5, 5.41) is 9.49. The first-order valence-corrected chi connectivity index (χ1v) is 11.3. The van der Waals surface area contributed by atoms with Gasteiger partial charge >= 0.3 is 0 Å². The van der Waals surface area contributed by atoms with Crippen molar-refractivity contribution >= 4 is 23.2 Å². The molecule has 1 aromatic carbocycles. The SMILES string of the molecule is O=C1NC(CC(=O)N2CCCC(n3nc(-c4cccs4)ccc3=O)C2)c2ccccc21. The topological polar surface area (TPSA) is 84.3 Å². The largest absolute Gasteiger partial charge is 0.345 e. The minimum absolute atomic E-state index is 0.0193. The number of carbonyl (C=O) groups is 2. The number of fused-ring (bicyclic) bond motifs is 1. The molecule has 0 saturated carbocycles. The third-order valence-corrected chi connectivity index (χ3v) is 6.85. The average Bonchev–Trinajstić information content (AvgIpc) is 3.43. The second-order valence-electron chi connectivity index (χ2n) is 7.93. The maximum Gasteiger partial charge on any atom is 0.267 e. The Morgan fingerprint density at radius 2 is 2.00 bits per heavy atom. The lowest BCUT2D eigenvalue weighted by Crippen LogP contribution is -2.44. The summed E-state index contributed by atoms with van der Waals surface area (Å²) in [5.74, 6) is -0.153. The zero-order chi connectivity index (χ0) is 21.4. The normalized spacial score (nSPS) is 20.4. The lowest BCUT2D eigenvalue weighted by Gasteiger charge is -2.33. The number of rotatable bonds is 4. The van der Waals surface area contributed by atoms with E-state index in [0.29, 0.717) is 18.7 Å². The second-order valence-corrected chi connectivity index (χ2v) is 8.88. The number of hydrogen-bond acceptors (Lipinski definition) is 5. The van der Waals surface area contributed by atoms with Crippen LogP contribution in [0.25, 0.3) is 10.6 Å². The van der Waals surface area contributed by atoms with Gasteiger partial charge in [0, 0.05) is 24.7 Å². The maximum atomic E-state index is 13.1. The molecule has 4 heterocycles. The van der Waals surface area contributed by atoms with E-state index in [9.17, 15) is 14.4 Å². The summed E-state index contributed by atoms with van der Waals surface area (Å²) in [6, 6.07) is 14.2. The Balaban J connectivity index is 1.32. The van der Waals surface area contributed by atoms with E-state index in [2.05, 4.69) is 10.4 Å². The van der Waals surface area contributed by atoms with Gasteiger partial charge in [-0.05, 0) is 42.0 Å². The number of piperidine rings is 1. The van der Waals surface area contributed by atoms with Gasteiger partial charge in [0.25, 0.3) is 11.5 Å². The van der Waals surface area contributed by atoms with Crippen LogP contribution in [0.15, 0.2) is 58.7 Å². The van der Waals surface area contributed by atoms with Crippen molar-refractivity contribution in [3.8, 4) is 10.6 Å². The van der Waals surface area contributed by atoms with Crippen molar-refractivity contribution in [1.82, 2.24) is 20.0 Å². The fourth-order valence-corrected chi connectivity index (χ4v) is 5.10. The summed E-state index contributed by atoms with van der Waals surface area (Å²) in [6.45, 7) is 1.10. The number of hydrogen-bond donors (Lipinski definition) is 1. The van der Waals surface area contributed by atoms with Gasteiger partial charge < -0.3 is 10.2 Å². The van der Waals surface area contributed by atoms with Crippen molar-refractivity contribution in [2.45, 2.75) is 31.3 Å². The monoisotopic (exact) mass is 434 g/mol. The van der Waals surface area contributed by atoms with Gasteiger partial charge in [-0.1, -0.05) is 24.3 Å². The van der Waals surface area contributed by atoms with Crippen LogP contribution in [0.1, 0.15) is 47.3 Å². The lowest BCUT2D eigenvalue weighted by molar-refractivity contribution is -0.133. The Hall–Kier alpha value is -3.26. The molecule has 7 nitrogen and oxygen atoms in total. The van der Waals surface area contributed by atoms with Crippen molar-refractivity contribution in [2.75, 3.05) is 13.1 Å². The van der Waals surface area contributed by atoms with Crippen molar-refractivity contribution in [3.05, 3.63) is 75.4 Å². The highest BCUT2D eigenvalue weighted by Crippen LogP contribution is 2.29. The highest BCUT2D eigenvalue weighted by Gasteiger charge is 2.33. The molecule has 1 fully saturated rings. The van der Waals surface area contributed by atoms with Crippen LogP contribution >= 0.6 is 11.3 Å². The summed E-state index contributed by atoms with van der Waals surface area (Å²) < 4.78 is 1.53. The molecule has 8 heteroatoms. The number of nitrogens with zero attached hydrogens (tertiary/aromatic N) is 3. The number of thiophene rings is 1. The van der Waals surface area contributed by atoms with Crippen LogP contribution in [0.5, 0.6) is 0 Å². The van der Waals surface area contributed by atoms with Crippen LogP contribution in [0.4, 0.5) is 0 Å². The van der Waals surface area contributed by atoms with Gasteiger partial charge in [0.2, 0.25) is 5.91 Å². The number of likely N-dealkylation sites (tertiary alicyclic amines) is 1. The zero-order valence-electron chi connectivity index (χ0n) is 16.9. The Morgan fingerprint density at radius 1 is 1.13 bits per heavy atom. The quantitative estimate of drug-likeness (QED) is 0.684. The van der Waals surface area contributed by atoms with Gasteiger partial charge in [-0.3, -0.25) is 14.4 Å². The van der Waals surface area contributed by atoms with Gasteiger partial charge in [0.1, 0.15) is 5.69 Å². The Labute approximate surface area is 183 Å². The predicted octanol–water partition coefficient (Wildman–Crippen LogP) is 3.01. The number of benzene rings is 1. The van der Waals surface area contributed by atoms with Crippen LogP contribution in [0, 0.1) is 0 Å². The molecule has 2 aromatic heterocycles. The van der Waals surface area contributed by atoms with Crippen LogP contribution in [0.2, 0.25) is 0 Å². The van der Waals surface area contributed by atoms with Gasteiger partial charge in [-0.2, -0.15) is 5.10 Å².